The van der Waals surface area contributed by atoms with Gasteiger partial charge in [-0.3, -0.25) is 9.59 Å². The molecule has 2 N–H and O–H groups in total. The predicted octanol–water partition coefficient (Wildman–Crippen LogP) is 3.09. The van der Waals surface area contributed by atoms with Gasteiger partial charge in [0, 0.05) is 42.0 Å². The van der Waals surface area contributed by atoms with Crippen LogP contribution in [0.5, 0.6) is 6.01 Å². The van der Waals surface area contributed by atoms with Crippen molar-refractivity contribution in [2.24, 2.45) is 5.92 Å². The van der Waals surface area contributed by atoms with Crippen molar-refractivity contribution in [3.8, 4) is 6.01 Å². The number of rotatable bonds is 4. The zero-order valence-electron chi connectivity index (χ0n) is 15.2. The Hall–Kier alpha value is -2.96. The van der Waals surface area contributed by atoms with E-state index in [1.165, 1.54) is 7.11 Å². The summed E-state index contributed by atoms with van der Waals surface area (Å²) >= 11 is 0. The van der Waals surface area contributed by atoms with Crippen molar-refractivity contribution in [1.82, 2.24) is 9.97 Å². The van der Waals surface area contributed by atoms with Crippen LogP contribution in [0.1, 0.15) is 49.1 Å². The van der Waals surface area contributed by atoms with Gasteiger partial charge in [-0.05, 0) is 36.1 Å². The van der Waals surface area contributed by atoms with Gasteiger partial charge in [-0.2, -0.15) is 0 Å². The van der Waals surface area contributed by atoms with E-state index in [4.69, 9.17) is 4.74 Å². The molecule has 2 aromatic rings. The Morgan fingerprint density at radius 2 is 1.96 bits per heavy atom. The second-order valence-electron chi connectivity index (χ2n) is 7.08. The molecule has 1 fully saturated rings. The lowest BCUT2D eigenvalue weighted by Gasteiger charge is -2.26. The normalized spacial score (nSPS) is 19.3. The van der Waals surface area contributed by atoms with Crippen molar-refractivity contribution in [2.75, 3.05) is 17.7 Å². The minimum absolute atomic E-state index is 0.0645. The summed E-state index contributed by atoms with van der Waals surface area (Å²) in [6, 6.07) is 5.97. The molecule has 1 atom stereocenters. The molecule has 27 heavy (non-hydrogen) atoms. The first-order valence-electron chi connectivity index (χ1n) is 9.24. The molecule has 1 aromatic heterocycles. The van der Waals surface area contributed by atoms with Crippen LogP contribution < -0.4 is 15.4 Å². The summed E-state index contributed by atoms with van der Waals surface area (Å²) in [5.74, 6) is -0.0312. The highest BCUT2D eigenvalue weighted by Gasteiger charge is 2.28. The summed E-state index contributed by atoms with van der Waals surface area (Å²) < 4.78 is 5.00. The maximum Gasteiger partial charge on any atom is 0.316 e. The third-order valence-electron chi connectivity index (χ3n) is 5.32. The summed E-state index contributed by atoms with van der Waals surface area (Å²) in [6.45, 7) is 0. The number of hydrogen-bond donors (Lipinski definition) is 2. The third-order valence-corrected chi connectivity index (χ3v) is 5.32. The lowest BCUT2D eigenvalue weighted by atomic mass is 9.86. The van der Waals surface area contributed by atoms with Crippen molar-refractivity contribution >= 4 is 23.2 Å². The Morgan fingerprint density at radius 3 is 2.67 bits per heavy atom. The van der Waals surface area contributed by atoms with Crippen LogP contribution in [0, 0.1) is 5.92 Å². The molecule has 7 heteroatoms. The summed E-state index contributed by atoms with van der Waals surface area (Å²) in [5, 5.41) is 5.90. The molecule has 2 heterocycles. The molecule has 0 spiro atoms. The molecule has 1 aromatic carbocycles. The van der Waals surface area contributed by atoms with Gasteiger partial charge >= 0.3 is 6.01 Å². The van der Waals surface area contributed by atoms with Gasteiger partial charge in [-0.1, -0.05) is 18.9 Å². The highest BCUT2D eigenvalue weighted by molar-refractivity contribution is 5.98. The van der Waals surface area contributed by atoms with E-state index in [1.807, 2.05) is 18.2 Å². The zero-order valence-corrected chi connectivity index (χ0v) is 15.2. The van der Waals surface area contributed by atoms with Crippen LogP contribution in [0.4, 0.5) is 11.4 Å². The Balaban J connectivity index is 1.58. The van der Waals surface area contributed by atoms with Crippen molar-refractivity contribution in [1.29, 1.82) is 0 Å². The van der Waals surface area contributed by atoms with E-state index in [-0.39, 0.29) is 23.7 Å². The number of anilines is 2. The first-order chi connectivity index (χ1) is 13.1. The largest absolute Gasteiger partial charge is 0.467 e. The quantitative estimate of drug-likeness (QED) is 0.867. The monoisotopic (exact) mass is 366 g/mol. The van der Waals surface area contributed by atoms with Gasteiger partial charge in [0.1, 0.15) is 0 Å². The maximum absolute atomic E-state index is 12.4. The van der Waals surface area contributed by atoms with Gasteiger partial charge in [-0.25, -0.2) is 9.97 Å². The van der Waals surface area contributed by atoms with E-state index in [9.17, 15) is 9.59 Å². The first kappa shape index (κ1) is 17.5. The number of aromatic nitrogens is 2. The minimum Gasteiger partial charge on any atom is -0.467 e. The van der Waals surface area contributed by atoms with Gasteiger partial charge in [0.05, 0.1) is 7.11 Å². The van der Waals surface area contributed by atoms with Crippen molar-refractivity contribution in [2.45, 2.75) is 38.0 Å². The number of hydrogen-bond acceptors (Lipinski definition) is 5. The standard InChI is InChI=1S/C20H22N4O3/c1-27-20-21-10-13(11-22-20)16-9-18(25)24-17-8-14(6-7-15(16)17)23-19(26)12-4-2-3-5-12/h6-8,10-12,16H,2-5,9H2,1H3,(H,23,26)(H,24,25). The van der Waals surface area contributed by atoms with E-state index >= 15 is 0 Å². The molecule has 140 valence electrons. The molecule has 1 saturated carbocycles. The second kappa shape index (κ2) is 7.34. The number of amides is 2. The fourth-order valence-electron chi connectivity index (χ4n) is 3.88. The molecule has 0 saturated heterocycles. The van der Waals surface area contributed by atoms with Crippen LogP contribution in [0.3, 0.4) is 0 Å². The third kappa shape index (κ3) is 3.63. The molecule has 1 aliphatic carbocycles. The molecule has 4 rings (SSSR count). The van der Waals surface area contributed by atoms with Gasteiger partial charge in [0.2, 0.25) is 11.8 Å². The van der Waals surface area contributed by atoms with Crippen molar-refractivity contribution < 1.29 is 14.3 Å². The molecule has 0 bridgehead atoms. The Bertz CT molecular complexity index is 860. The molecule has 2 aliphatic rings. The minimum atomic E-state index is -0.126. The number of carbonyl (C=O) groups excluding carboxylic acids is 2. The number of nitrogens with zero attached hydrogens (tertiary/aromatic N) is 2. The van der Waals surface area contributed by atoms with Gasteiger partial charge in [0.25, 0.3) is 0 Å². The average Bonchev–Trinajstić information content (AvgIpc) is 3.22. The van der Waals surface area contributed by atoms with Gasteiger partial charge in [-0.15, -0.1) is 0 Å². The molecule has 7 nitrogen and oxygen atoms in total. The molecular weight excluding hydrogens is 344 g/mol. The smallest absolute Gasteiger partial charge is 0.316 e. The van der Waals surface area contributed by atoms with Crippen LogP contribution in [0.2, 0.25) is 0 Å². The summed E-state index contributed by atoms with van der Waals surface area (Å²) in [5.41, 5.74) is 3.27. The molecular formula is C20H22N4O3. The maximum atomic E-state index is 12.4. The summed E-state index contributed by atoms with van der Waals surface area (Å²) in [6.07, 6.45) is 7.84. The molecule has 1 aliphatic heterocycles. The average molecular weight is 366 g/mol. The first-order valence-corrected chi connectivity index (χ1v) is 9.24. The Morgan fingerprint density at radius 1 is 1.22 bits per heavy atom. The summed E-state index contributed by atoms with van der Waals surface area (Å²) in [7, 11) is 1.51. The molecule has 1 unspecified atom stereocenters. The van der Waals surface area contributed by atoms with Crippen LogP contribution in [0.25, 0.3) is 0 Å². The number of ether oxygens (including phenoxy) is 1. The lowest BCUT2D eigenvalue weighted by Crippen LogP contribution is -2.24. The second-order valence-corrected chi connectivity index (χ2v) is 7.08. The van der Waals surface area contributed by atoms with Crippen molar-refractivity contribution in [3.05, 3.63) is 41.7 Å². The number of fused-ring (bicyclic) bond motifs is 1. The zero-order chi connectivity index (χ0) is 18.8. The van der Waals surface area contributed by atoms with E-state index in [1.54, 1.807) is 12.4 Å². The van der Waals surface area contributed by atoms with E-state index in [0.29, 0.717) is 18.1 Å². The molecule has 2 amide bonds. The highest BCUT2D eigenvalue weighted by atomic mass is 16.5. The van der Waals surface area contributed by atoms with Crippen LogP contribution in [0.15, 0.2) is 30.6 Å². The fraction of sp³-hybridized carbons (Fsp3) is 0.400. The number of carbonyl (C=O) groups is 2. The predicted molar refractivity (Wildman–Crippen MR) is 101 cm³/mol. The van der Waals surface area contributed by atoms with E-state index < -0.39 is 0 Å². The topological polar surface area (TPSA) is 93.2 Å². The number of methoxy groups -OCH3 is 1. The van der Waals surface area contributed by atoms with Gasteiger partial charge < -0.3 is 15.4 Å². The van der Waals surface area contributed by atoms with Crippen LogP contribution in [-0.2, 0) is 9.59 Å². The Kier molecular flexibility index (Phi) is 4.75. The van der Waals surface area contributed by atoms with Crippen LogP contribution in [-0.4, -0.2) is 28.9 Å². The summed E-state index contributed by atoms with van der Waals surface area (Å²) in [4.78, 5) is 32.9. The number of nitrogens with one attached hydrogen (secondary N) is 2. The molecule has 0 radical (unpaired) electrons. The van der Waals surface area contributed by atoms with E-state index in [0.717, 1.165) is 42.5 Å². The Labute approximate surface area is 157 Å². The van der Waals surface area contributed by atoms with Gasteiger partial charge in [0.15, 0.2) is 0 Å². The number of benzene rings is 1. The lowest BCUT2D eigenvalue weighted by molar-refractivity contribution is -0.119. The van der Waals surface area contributed by atoms with E-state index in [2.05, 4.69) is 20.6 Å². The highest BCUT2D eigenvalue weighted by Crippen LogP contribution is 2.38. The van der Waals surface area contributed by atoms with Crippen LogP contribution >= 0.6 is 0 Å². The fourth-order valence-corrected chi connectivity index (χ4v) is 3.88. The SMILES string of the molecule is COc1ncc(C2CC(=O)Nc3cc(NC(=O)C4CCCC4)ccc32)cn1. The van der Waals surface area contributed by atoms with Crippen molar-refractivity contribution in [3.63, 3.8) is 0 Å².